The Hall–Kier alpha value is -2.61. The summed E-state index contributed by atoms with van der Waals surface area (Å²) >= 11 is 4.98. The zero-order valence-corrected chi connectivity index (χ0v) is 20.7. The van der Waals surface area contributed by atoms with Gasteiger partial charge in [0, 0.05) is 24.1 Å². The standard InChI is InChI=1S/C25H24N3OS3/c1-4-28-22(15-21-27(12-13-30-21)16-18-8-6-5-7-9-18)32-23(24(28)29)25-26(3)19-14-17(2)10-11-20(19)31-25/h5-15H,4,16H2,1-3H3/q+1/b25-23+. The molecule has 4 aromatic rings. The lowest BCUT2D eigenvalue weighted by molar-refractivity contribution is -0.685. The number of benzene rings is 2. The van der Waals surface area contributed by atoms with Crippen LogP contribution in [0.3, 0.4) is 0 Å². The number of fused-ring (bicyclic) bond motifs is 1. The SMILES string of the molecule is CCn1c(=O)/c(=C2\Sc3ccc(C)cc3N2C)s/c1=C\c1scc[n+]1Cc1ccccc1. The van der Waals surface area contributed by atoms with Crippen molar-refractivity contribution in [1.82, 2.24) is 4.57 Å². The molecule has 0 N–H and O–H groups in total. The number of hydrogen-bond acceptors (Lipinski definition) is 5. The summed E-state index contributed by atoms with van der Waals surface area (Å²) in [5.74, 6) is 0. The van der Waals surface area contributed by atoms with Crippen molar-refractivity contribution < 1.29 is 4.57 Å². The van der Waals surface area contributed by atoms with Crippen molar-refractivity contribution in [3.63, 3.8) is 0 Å². The van der Waals surface area contributed by atoms with Crippen LogP contribution in [0.5, 0.6) is 0 Å². The zero-order chi connectivity index (χ0) is 22.2. The molecule has 2 aromatic carbocycles. The molecule has 0 saturated carbocycles. The maximum absolute atomic E-state index is 13.4. The molecule has 0 amide bonds. The predicted octanol–water partition coefficient (Wildman–Crippen LogP) is 3.77. The average molecular weight is 479 g/mol. The fraction of sp³-hybridized carbons (Fsp3) is 0.200. The minimum atomic E-state index is 0.0915. The van der Waals surface area contributed by atoms with E-state index in [0.717, 1.165) is 25.8 Å². The number of thioether (sulfide) groups is 1. The van der Waals surface area contributed by atoms with Gasteiger partial charge in [-0.15, -0.1) is 11.3 Å². The van der Waals surface area contributed by atoms with Gasteiger partial charge in [0.2, 0.25) is 0 Å². The van der Waals surface area contributed by atoms with Gasteiger partial charge in [-0.2, -0.15) is 4.57 Å². The van der Waals surface area contributed by atoms with Gasteiger partial charge in [-0.1, -0.05) is 59.5 Å². The summed E-state index contributed by atoms with van der Waals surface area (Å²) in [5.41, 5.74) is 3.75. The van der Waals surface area contributed by atoms with Gasteiger partial charge in [-0.05, 0) is 31.5 Å². The molecule has 3 heterocycles. The number of rotatable bonds is 4. The molecule has 0 atom stereocenters. The minimum Gasteiger partial charge on any atom is -0.337 e. The first-order valence-electron chi connectivity index (χ1n) is 10.5. The van der Waals surface area contributed by atoms with Crippen LogP contribution in [0.4, 0.5) is 5.69 Å². The second-order valence-corrected chi connectivity index (χ2v) is 10.7. The molecule has 0 spiro atoms. The van der Waals surface area contributed by atoms with E-state index in [-0.39, 0.29) is 5.56 Å². The molecule has 0 unspecified atom stereocenters. The van der Waals surface area contributed by atoms with E-state index in [1.807, 2.05) is 17.6 Å². The lowest BCUT2D eigenvalue weighted by Gasteiger charge is -2.12. The maximum Gasteiger partial charge on any atom is 0.271 e. The van der Waals surface area contributed by atoms with Crippen molar-refractivity contribution in [2.75, 3.05) is 11.9 Å². The Balaban J connectivity index is 1.61. The van der Waals surface area contributed by atoms with E-state index in [1.54, 1.807) is 34.4 Å². The highest BCUT2D eigenvalue weighted by atomic mass is 32.2. The summed E-state index contributed by atoms with van der Waals surface area (Å²) in [6, 6.07) is 16.9. The summed E-state index contributed by atoms with van der Waals surface area (Å²) in [6.45, 7) is 5.61. The van der Waals surface area contributed by atoms with Crippen LogP contribution in [0.2, 0.25) is 0 Å². The molecule has 32 heavy (non-hydrogen) atoms. The Morgan fingerprint density at radius 3 is 2.72 bits per heavy atom. The molecule has 0 bridgehead atoms. The third kappa shape index (κ3) is 3.85. The maximum atomic E-state index is 13.4. The third-order valence-corrected chi connectivity index (χ3v) is 8.90. The number of aromatic nitrogens is 2. The number of thiazole rings is 2. The average Bonchev–Trinajstić information content (AvgIpc) is 3.45. The highest BCUT2D eigenvalue weighted by Gasteiger charge is 2.25. The molecule has 1 aliphatic heterocycles. The molecular weight excluding hydrogens is 454 g/mol. The first-order valence-corrected chi connectivity index (χ1v) is 13.0. The smallest absolute Gasteiger partial charge is 0.271 e. The third-order valence-electron chi connectivity index (χ3n) is 5.56. The van der Waals surface area contributed by atoms with E-state index in [2.05, 4.69) is 83.6 Å². The van der Waals surface area contributed by atoms with Gasteiger partial charge in [-0.3, -0.25) is 9.36 Å². The van der Waals surface area contributed by atoms with E-state index < -0.39 is 0 Å². The first-order chi connectivity index (χ1) is 15.5. The number of anilines is 1. The van der Waals surface area contributed by atoms with Crippen molar-refractivity contribution in [3.8, 4) is 0 Å². The monoisotopic (exact) mass is 478 g/mol. The van der Waals surface area contributed by atoms with Gasteiger partial charge in [0.25, 0.3) is 10.6 Å². The van der Waals surface area contributed by atoms with Crippen LogP contribution >= 0.6 is 34.4 Å². The van der Waals surface area contributed by atoms with Gasteiger partial charge in [0.1, 0.15) is 14.2 Å². The Morgan fingerprint density at radius 2 is 1.94 bits per heavy atom. The predicted molar refractivity (Wildman–Crippen MR) is 136 cm³/mol. The Morgan fingerprint density at radius 1 is 1.12 bits per heavy atom. The van der Waals surface area contributed by atoms with Gasteiger partial charge < -0.3 is 4.90 Å². The van der Waals surface area contributed by atoms with Gasteiger partial charge in [-0.25, -0.2) is 0 Å². The van der Waals surface area contributed by atoms with Crippen molar-refractivity contribution in [1.29, 1.82) is 0 Å². The van der Waals surface area contributed by atoms with Crippen LogP contribution in [0.15, 0.2) is 69.8 Å². The number of aryl methyl sites for hydroxylation is 1. The van der Waals surface area contributed by atoms with Crippen LogP contribution in [-0.4, -0.2) is 11.6 Å². The van der Waals surface area contributed by atoms with Crippen molar-refractivity contribution in [2.45, 2.75) is 31.8 Å². The first kappa shape index (κ1) is 21.2. The Bertz CT molecular complexity index is 1460. The molecule has 2 aromatic heterocycles. The molecule has 0 fully saturated rings. The van der Waals surface area contributed by atoms with E-state index in [0.29, 0.717) is 6.54 Å². The van der Waals surface area contributed by atoms with Crippen LogP contribution in [-0.2, 0) is 13.1 Å². The van der Waals surface area contributed by atoms with Crippen LogP contribution in [0, 0.1) is 6.92 Å². The molecule has 0 radical (unpaired) electrons. The van der Waals surface area contributed by atoms with Crippen LogP contribution in [0.1, 0.15) is 23.1 Å². The number of nitrogens with zero attached hydrogens (tertiary/aromatic N) is 3. The molecule has 1 aliphatic rings. The minimum absolute atomic E-state index is 0.0915. The van der Waals surface area contributed by atoms with Crippen molar-refractivity contribution in [2.24, 2.45) is 0 Å². The highest BCUT2D eigenvalue weighted by Crippen LogP contribution is 2.45. The van der Waals surface area contributed by atoms with Crippen molar-refractivity contribution >= 4 is 51.2 Å². The highest BCUT2D eigenvalue weighted by molar-refractivity contribution is 8.08. The lowest BCUT2D eigenvalue weighted by atomic mass is 10.2. The van der Waals surface area contributed by atoms with E-state index in [4.69, 9.17) is 0 Å². The molecule has 0 saturated heterocycles. The number of hydrogen-bond donors (Lipinski definition) is 0. The zero-order valence-electron chi connectivity index (χ0n) is 18.2. The second-order valence-electron chi connectivity index (χ2n) is 7.76. The van der Waals surface area contributed by atoms with E-state index in [9.17, 15) is 4.79 Å². The van der Waals surface area contributed by atoms with Crippen LogP contribution in [0.25, 0.3) is 11.1 Å². The summed E-state index contributed by atoms with van der Waals surface area (Å²) in [6.07, 6.45) is 4.27. The lowest BCUT2D eigenvalue weighted by Crippen LogP contribution is -2.36. The fourth-order valence-corrected chi connectivity index (χ4v) is 7.17. The molecule has 7 heteroatoms. The molecule has 0 aliphatic carbocycles. The molecule has 4 nitrogen and oxygen atoms in total. The normalized spacial score (nSPS) is 15.5. The summed E-state index contributed by atoms with van der Waals surface area (Å²) in [5, 5.41) is 4.26. The fourth-order valence-electron chi connectivity index (χ4n) is 3.87. The quantitative estimate of drug-likeness (QED) is 0.418. The molecule has 162 valence electrons. The van der Waals surface area contributed by atoms with Crippen molar-refractivity contribution in [3.05, 3.63) is 95.8 Å². The van der Waals surface area contributed by atoms with Gasteiger partial charge in [0.15, 0.2) is 12.7 Å². The molecular formula is C25H24N3OS3+. The Kier molecular flexibility index (Phi) is 5.80. The summed E-state index contributed by atoms with van der Waals surface area (Å²) in [4.78, 5) is 16.7. The molecule has 5 rings (SSSR count). The van der Waals surface area contributed by atoms with E-state index >= 15 is 0 Å². The van der Waals surface area contributed by atoms with Gasteiger partial charge >= 0.3 is 0 Å². The largest absolute Gasteiger partial charge is 0.337 e. The van der Waals surface area contributed by atoms with Crippen LogP contribution < -0.4 is 24.2 Å². The summed E-state index contributed by atoms with van der Waals surface area (Å²) < 4.78 is 5.94. The second kappa shape index (κ2) is 8.73. The summed E-state index contributed by atoms with van der Waals surface area (Å²) in [7, 11) is 2.06. The van der Waals surface area contributed by atoms with Gasteiger partial charge in [0.05, 0.1) is 17.1 Å². The Labute approximate surface area is 199 Å². The topological polar surface area (TPSA) is 29.1 Å². The van der Waals surface area contributed by atoms with E-state index in [1.165, 1.54) is 21.7 Å².